The molecule has 3 N–H and O–H groups in total. The van der Waals surface area contributed by atoms with Crippen LogP contribution in [0.25, 0.3) is 0 Å². The Morgan fingerprint density at radius 1 is 1.16 bits per heavy atom. The van der Waals surface area contributed by atoms with Gasteiger partial charge in [-0.3, -0.25) is 4.79 Å². The zero-order valence-electron chi connectivity index (χ0n) is 12.7. The number of nitrogens with two attached hydrogens (primary N) is 1. The number of nitrogens with one attached hydrogen (secondary N) is 1. The summed E-state index contributed by atoms with van der Waals surface area (Å²) < 4.78 is 0. The number of hydrogen-bond donors (Lipinski definition) is 2. The Hall–Kier alpha value is -0.280. The first kappa shape index (κ1) is 18.7. The maximum atomic E-state index is 12.3. The van der Waals surface area contributed by atoms with Crippen LogP contribution in [-0.2, 0) is 4.79 Å². The number of amides is 1. The first-order valence-corrected chi connectivity index (χ1v) is 7.62. The molecular formula is C15H31ClN2O. The highest BCUT2D eigenvalue weighted by Crippen LogP contribution is 2.31. The molecule has 0 aromatic heterocycles. The highest BCUT2D eigenvalue weighted by Gasteiger charge is 2.31. The van der Waals surface area contributed by atoms with Crippen LogP contribution >= 0.6 is 12.4 Å². The van der Waals surface area contributed by atoms with E-state index in [0.717, 1.165) is 31.6 Å². The minimum Gasteiger partial charge on any atom is -0.349 e. The Morgan fingerprint density at radius 3 is 2.05 bits per heavy atom. The topological polar surface area (TPSA) is 55.1 Å². The Balaban J connectivity index is 0.00000324. The van der Waals surface area contributed by atoms with Gasteiger partial charge in [-0.15, -0.1) is 12.4 Å². The van der Waals surface area contributed by atoms with Gasteiger partial charge in [0, 0.05) is 12.5 Å². The van der Waals surface area contributed by atoms with Gasteiger partial charge in [-0.05, 0) is 44.4 Å². The number of rotatable bonds is 6. The molecular weight excluding hydrogens is 260 g/mol. The molecule has 4 heteroatoms. The summed E-state index contributed by atoms with van der Waals surface area (Å²) in [6, 6.07) is 0. The van der Waals surface area contributed by atoms with Crippen molar-refractivity contribution in [3.8, 4) is 0 Å². The van der Waals surface area contributed by atoms with E-state index in [4.69, 9.17) is 5.73 Å². The van der Waals surface area contributed by atoms with Crippen molar-refractivity contribution in [2.45, 2.75) is 71.3 Å². The van der Waals surface area contributed by atoms with Gasteiger partial charge in [-0.25, -0.2) is 0 Å². The van der Waals surface area contributed by atoms with Gasteiger partial charge in [0.1, 0.15) is 0 Å². The second-order valence-electron chi connectivity index (χ2n) is 5.81. The van der Waals surface area contributed by atoms with Crippen molar-refractivity contribution in [1.82, 2.24) is 5.32 Å². The van der Waals surface area contributed by atoms with Crippen molar-refractivity contribution in [2.24, 2.45) is 17.6 Å². The van der Waals surface area contributed by atoms with Crippen LogP contribution in [0, 0.1) is 11.8 Å². The summed E-state index contributed by atoms with van der Waals surface area (Å²) in [5, 5.41) is 3.22. The average molecular weight is 291 g/mol. The molecule has 0 spiro atoms. The molecule has 0 bridgehead atoms. The maximum Gasteiger partial charge on any atom is 0.223 e. The predicted octanol–water partition coefficient (Wildman–Crippen LogP) is 3.26. The van der Waals surface area contributed by atoms with E-state index in [1.807, 2.05) is 0 Å². The molecule has 0 atom stereocenters. The summed E-state index contributed by atoms with van der Waals surface area (Å²) in [5.74, 6) is 1.29. The van der Waals surface area contributed by atoms with E-state index in [1.165, 1.54) is 19.3 Å². The third-order valence-electron chi connectivity index (χ3n) is 4.93. The molecule has 1 aliphatic carbocycles. The van der Waals surface area contributed by atoms with Gasteiger partial charge >= 0.3 is 0 Å². The van der Waals surface area contributed by atoms with Gasteiger partial charge < -0.3 is 11.1 Å². The summed E-state index contributed by atoms with van der Waals surface area (Å²) in [7, 11) is 0. The van der Waals surface area contributed by atoms with Crippen LogP contribution in [0.2, 0.25) is 0 Å². The van der Waals surface area contributed by atoms with E-state index in [1.54, 1.807) is 0 Å². The summed E-state index contributed by atoms with van der Waals surface area (Å²) in [6.45, 7) is 6.99. The molecule has 1 saturated carbocycles. The van der Waals surface area contributed by atoms with Crippen molar-refractivity contribution in [3.05, 3.63) is 0 Å². The van der Waals surface area contributed by atoms with Gasteiger partial charge in [0.2, 0.25) is 5.91 Å². The molecule has 0 heterocycles. The van der Waals surface area contributed by atoms with Crippen molar-refractivity contribution in [1.29, 1.82) is 0 Å². The minimum absolute atomic E-state index is 0. The largest absolute Gasteiger partial charge is 0.349 e. The summed E-state index contributed by atoms with van der Waals surface area (Å²) >= 11 is 0. The highest BCUT2D eigenvalue weighted by molar-refractivity contribution is 5.85. The molecule has 0 aromatic rings. The second kappa shape index (κ2) is 8.80. The molecule has 3 nitrogen and oxygen atoms in total. The molecule has 1 amide bonds. The van der Waals surface area contributed by atoms with Crippen molar-refractivity contribution < 1.29 is 4.79 Å². The van der Waals surface area contributed by atoms with E-state index >= 15 is 0 Å². The highest BCUT2D eigenvalue weighted by atomic mass is 35.5. The van der Waals surface area contributed by atoms with Crippen LogP contribution in [0.4, 0.5) is 0 Å². The van der Waals surface area contributed by atoms with Crippen molar-refractivity contribution in [3.63, 3.8) is 0 Å². The molecule has 1 fully saturated rings. The zero-order valence-corrected chi connectivity index (χ0v) is 13.5. The molecule has 0 radical (unpaired) electrons. The fourth-order valence-electron chi connectivity index (χ4n) is 2.96. The molecule has 114 valence electrons. The van der Waals surface area contributed by atoms with E-state index in [-0.39, 0.29) is 29.8 Å². The number of halogens is 1. The predicted molar refractivity (Wildman–Crippen MR) is 83.5 cm³/mol. The fraction of sp³-hybridized carbons (Fsp3) is 0.933. The SMILES string of the molecule is CCC1CCC(C(=O)NC(CC)(CC)CN)CC1.Cl. The van der Waals surface area contributed by atoms with Crippen LogP contribution in [0.5, 0.6) is 0 Å². The van der Waals surface area contributed by atoms with E-state index in [9.17, 15) is 4.79 Å². The van der Waals surface area contributed by atoms with Gasteiger partial charge in [-0.1, -0.05) is 27.2 Å². The van der Waals surface area contributed by atoms with Crippen LogP contribution in [-0.4, -0.2) is 18.0 Å². The van der Waals surface area contributed by atoms with Crippen LogP contribution in [0.1, 0.15) is 65.7 Å². The zero-order chi connectivity index (χ0) is 13.6. The van der Waals surface area contributed by atoms with E-state index in [0.29, 0.717) is 6.54 Å². The lowest BCUT2D eigenvalue weighted by Gasteiger charge is -2.35. The summed E-state index contributed by atoms with van der Waals surface area (Å²) in [5.41, 5.74) is 5.65. The lowest BCUT2D eigenvalue weighted by molar-refractivity contribution is -0.128. The summed E-state index contributed by atoms with van der Waals surface area (Å²) in [4.78, 5) is 12.3. The smallest absolute Gasteiger partial charge is 0.223 e. The number of carbonyl (C=O) groups excluding carboxylic acids is 1. The minimum atomic E-state index is -0.182. The number of hydrogen-bond acceptors (Lipinski definition) is 2. The molecule has 1 rings (SSSR count). The number of carbonyl (C=O) groups is 1. The third-order valence-corrected chi connectivity index (χ3v) is 4.93. The normalized spacial score (nSPS) is 23.6. The fourth-order valence-corrected chi connectivity index (χ4v) is 2.96. The Bertz CT molecular complexity index is 251. The van der Waals surface area contributed by atoms with Crippen LogP contribution < -0.4 is 11.1 Å². The first-order chi connectivity index (χ1) is 8.60. The quantitative estimate of drug-likeness (QED) is 0.789. The first-order valence-electron chi connectivity index (χ1n) is 7.62. The molecule has 19 heavy (non-hydrogen) atoms. The molecule has 0 saturated heterocycles. The standard InChI is InChI=1S/C15H30N2O.ClH/c1-4-12-7-9-13(10-8-12)14(18)17-15(5-2,6-3)11-16;/h12-13H,4-11,16H2,1-3H3,(H,17,18);1H. The Morgan fingerprint density at radius 2 is 1.68 bits per heavy atom. The maximum absolute atomic E-state index is 12.3. The van der Waals surface area contributed by atoms with E-state index in [2.05, 4.69) is 26.1 Å². The van der Waals surface area contributed by atoms with Crippen molar-refractivity contribution >= 4 is 18.3 Å². The van der Waals surface area contributed by atoms with Gasteiger partial charge in [0.05, 0.1) is 5.54 Å². The molecule has 0 aromatic carbocycles. The third kappa shape index (κ3) is 4.96. The second-order valence-corrected chi connectivity index (χ2v) is 5.81. The Labute approximate surface area is 124 Å². The van der Waals surface area contributed by atoms with Crippen molar-refractivity contribution in [2.75, 3.05) is 6.54 Å². The van der Waals surface area contributed by atoms with Gasteiger partial charge in [-0.2, -0.15) is 0 Å². The monoisotopic (exact) mass is 290 g/mol. The van der Waals surface area contributed by atoms with Gasteiger partial charge in [0.25, 0.3) is 0 Å². The summed E-state index contributed by atoms with van der Waals surface area (Å²) in [6.07, 6.45) is 7.61. The molecule has 0 unspecified atom stereocenters. The molecule has 1 aliphatic rings. The lowest BCUT2D eigenvalue weighted by atomic mass is 9.80. The van der Waals surface area contributed by atoms with Crippen LogP contribution in [0.3, 0.4) is 0 Å². The average Bonchev–Trinajstić information content (AvgIpc) is 2.45. The van der Waals surface area contributed by atoms with Gasteiger partial charge in [0.15, 0.2) is 0 Å². The molecule has 0 aliphatic heterocycles. The van der Waals surface area contributed by atoms with Crippen LogP contribution in [0.15, 0.2) is 0 Å². The van der Waals surface area contributed by atoms with E-state index < -0.39 is 0 Å². The Kier molecular flexibility index (Phi) is 8.67. The lowest BCUT2D eigenvalue weighted by Crippen LogP contribution is -2.54.